The Balaban J connectivity index is 1.44. The van der Waals surface area contributed by atoms with E-state index in [9.17, 15) is 4.79 Å². The van der Waals surface area contributed by atoms with E-state index >= 15 is 0 Å². The van der Waals surface area contributed by atoms with Gasteiger partial charge in [0.2, 0.25) is 0 Å². The van der Waals surface area contributed by atoms with Gasteiger partial charge >= 0.3 is 0 Å². The monoisotopic (exact) mass is 454 g/mol. The molecule has 0 N–H and O–H groups in total. The molecule has 29 heavy (non-hydrogen) atoms. The van der Waals surface area contributed by atoms with Crippen molar-refractivity contribution >= 4 is 33.0 Å². The number of hydrogen-bond acceptors (Lipinski definition) is 4. The Kier molecular flexibility index (Phi) is 4.80. The van der Waals surface area contributed by atoms with Crippen molar-refractivity contribution in [3.8, 4) is 0 Å². The van der Waals surface area contributed by atoms with E-state index in [1.54, 1.807) is 4.52 Å². The van der Waals surface area contributed by atoms with Crippen LogP contribution in [-0.4, -0.2) is 53.3 Å². The lowest BCUT2D eigenvalue weighted by Crippen LogP contribution is -2.41. The van der Waals surface area contributed by atoms with Crippen molar-refractivity contribution in [1.29, 1.82) is 0 Å². The van der Waals surface area contributed by atoms with Crippen LogP contribution in [0.15, 0.2) is 47.1 Å². The van der Waals surface area contributed by atoms with E-state index in [4.69, 9.17) is 4.74 Å². The van der Waals surface area contributed by atoms with Crippen LogP contribution in [-0.2, 0) is 11.2 Å². The summed E-state index contributed by atoms with van der Waals surface area (Å²) in [6.07, 6.45) is 2.73. The Hall–Kier alpha value is -2.38. The number of halogens is 1. The van der Waals surface area contributed by atoms with Gasteiger partial charge in [-0.2, -0.15) is 5.10 Å². The molecule has 1 aromatic carbocycles. The first-order chi connectivity index (χ1) is 14.1. The third kappa shape index (κ3) is 3.32. The molecule has 150 valence electrons. The van der Waals surface area contributed by atoms with Gasteiger partial charge in [-0.3, -0.25) is 4.79 Å². The number of morpholine rings is 1. The number of carbonyl (C=O) groups excluding carboxylic acids is 1. The fourth-order valence-electron chi connectivity index (χ4n) is 4.44. The molecule has 2 aromatic heterocycles. The molecule has 5 rings (SSSR count). The lowest BCUT2D eigenvalue weighted by Gasteiger charge is -2.38. The summed E-state index contributed by atoms with van der Waals surface area (Å²) >= 11 is 3.45. The highest BCUT2D eigenvalue weighted by molar-refractivity contribution is 9.10. The number of amides is 1. The molecule has 1 saturated heterocycles. The molecule has 2 aliphatic rings. The van der Waals surface area contributed by atoms with Gasteiger partial charge in [0, 0.05) is 36.0 Å². The molecule has 4 heterocycles. The van der Waals surface area contributed by atoms with E-state index in [-0.39, 0.29) is 11.9 Å². The highest BCUT2D eigenvalue weighted by atomic mass is 79.9. The van der Waals surface area contributed by atoms with Gasteiger partial charge in [-0.05, 0) is 64.7 Å². The van der Waals surface area contributed by atoms with Gasteiger partial charge < -0.3 is 14.5 Å². The molecule has 3 aromatic rings. The van der Waals surface area contributed by atoms with Crippen LogP contribution in [0.5, 0.6) is 0 Å². The van der Waals surface area contributed by atoms with E-state index in [1.165, 1.54) is 16.8 Å². The fraction of sp³-hybridized carbons (Fsp3) is 0.364. The zero-order valence-electron chi connectivity index (χ0n) is 16.3. The number of carbonyl (C=O) groups is 1. The van der Waals surface area contributed by atoms with Crippen molar-refractivity contribution in [2.24, 2.45) is 0 Å². The molecule has 7 heteroatoms. The minimum atomic E-state index is -0.0141. The summed E-state index contributed by atoms with van der Waals surface area (Å²) in [5.74, 6) is -0.0141. The second kappa shape index (κ2) is 7.46. The Morgan fingerprint density at radius 1 is 1.17 bits per heavy atom. The maximum atomic E-state index is 13.3. The molecule has 1 fully saturated rings. The molecule has 2 aliphatic heterocycles. The highest BCUT2D eigenvalue weighted by Crippen LogP contribution is 2.36. The third-order valence-electron chi connectivity index (χ3n) is 5.96. The van der Waals surface area contributed by atoms with Crippen LogP contribution in [0.25, 0.3) is 5.52 Å². The topological polar surface area (TPSA) is 50.1 Å². The second-order valence-corrected chi connectivity index (χ2v) is 8.53. The summed E-state index contributed by atoms with van der Waals surface area (Å²) in [4.78, 5) is 17.6. The van der Waals surface area contributed by atoms with Gasteiger partial charge in [-0.15, -0.1) is 0 Å². The highest BCUT2D eigenvalue weighted by Gasteiger charge is 2.31. The molecule has 0 aliphatic carbocycles. The first kappa shape index (κ1) is 18.6. The molecule has 1 amide bonds. The zero-order valence-corrected chi connectivity index (χ0v) is 17.9. The smallest absolute Gasteiger partial charge is 0.274 e. The Bertz CT molecular complexity index is 1070. The lowest BCUT2D eigenvalue weighted by molar-refractivity contribution is 0.0671. The van der Waals surface area contributed by atoms with E-state index in [2.05, 4.69) is 51.1 Å². The minimum absolute atomic E-state index is 0.0141. The lowest BCUT2D eigenvalue weighted by atomic mass is 9.91. The summed E-state index contributed by atoms with van der Waals surface area (Å²) in [6, 6.07) is 12.3. The molecular weight excluding hydrogens is 432 g/mol. The third-order valence-corrected chi connectivity index (χ3v) is 6.43. The van der Waals surface area contributed by atoms with Crippen molar-refractivity contribution in [2.45, 2.75) is 19.4 Å². The van der Waals surface area contributed by atoms with E-state index in [0.29, 0.717) is 12.2 Å². The van der Waals surface area contributed by atoms with Crippen LogP contribution in [0.2, 0.25) is 0 Å². The largest absolute Gasteiger partial charge is 0.378 e. The Labute approximate surface area is 178 Å². The predicted octanol–water partition coefficient (Wildman–Crippen LogP) is 3.69. The molecule has 0 bridgehead atoms. The summed E-state index contributed by atoms with van der Waals surface area (Å²) in [6.45, 7) is 6.20. The van der Waals surface area contributed by atoms with Crippen LogP contribution in [0.1, 0.15) is 34.6 Å². The average molecular weight is 455 g/mol. The predicted molar refractivity (Wildman–Crippen MR) is 116 cm³/mol. The van der Waals surface area contributed by atoms with Gasteiger partial charge in [0.05, 0.1) is 24.8 Å². The van der Waals surface area contributed by atoms with Gasteiger partial charge in [0.15, 0.2) is 5.69 Å². The van der Waals surface area contributed by atoms with Crippen LogP contribution < -0.4 is 4.90 Å². The first-order valence-corrected chi connectivity index (χ1v) is 10.8. The standard InChI is InChI=1S/C22H23BrN4O2/c1-15-18-3-2-4-21(25-9-11-29-12-10-25)19(18)7-8-26(15)22(28)20-13-17-6-5-16(23)14-27(17)24-20/h2-6,13-15H,7-12H2,1H3. The number of benzene rings is 1. The van der Waals surface area contributed by atoms with Gasteiger partial charge in [-0.25, -0.2) is 4.52 Å². The van der Waals surface area contributed by atoms with Crippen molar-refractivity contribution < 1.29 is 9.53 Å². The molecule has 0 radical (unpaired) electrons. The number of pyridine rings is 1. The van der Waals surface area contributed by atoms with Crippen LogP contribution in [0.4, 0.5) is 5.69 Å². The van der Waals surface area contributed by atoms with E-state index in [0.717, 1.165) is 42.7 Å². The van der Waals surface area contributed by atoms with Crippen molar-refractivity contribution in [1.82, 2.24) is 14.5 Å². The number of nitrogens with zero attached hydrogens (tertiary/aromatic N) is 4. The Morgan fingerprint density at radius 2 is 2.00 bits per heavy atom. The minimum Gasteiger partial charge on any atom is -0.378 e. The van der Waals surface area contributed by atoms with E-state index < -0.39 is 0 Å². The number of anilines is 1. The molecule has 0 saturated carbocycles. The summed E-state index contributed by atoms with van der Waals surface area (Å²) in [5, 5.41) is 4.50. The van der Waals surface area contributed by atoms with Crippen LogP contribution >= 0.6 is 15.9 Å². The quantitative estimate of drug-likeness (QED) is 0.592. The Morgan fingerprint density at radius 3 is 2.83 bits per heavy atom. The van der Waals surface area contributed by atoms with Gasteiger partial charge in [-0.1, -0.05) is 12.1 Å². The van der Waals surface area contributed by atoms with Crippen molar-refractivity contribution in [2.75, 3.05) is 37.7 Å². The number of rotatable bonds is 2. The second-order valence-electron chi connectivity index (χ2n) is 7.62. The molecular formula is C22H23BrN4O2. The zero-order chi connectivity index (χ0) is 20.0. The summed E-state index contributed by atoms with van der Waals surface area (Å²) < 4.78 is 8.19. The maximum Gasteiger partial charge on any atom is 0.274 e. The van der Waals surface area contributed by atoms with E-state index in [1.807, 2.05) is 29.3 Å². The SMILES string of the molecule is CC1c2cccc(N3CCOCC3)c2CCN1C(=O)c1cc2ccc(Br)cn2n1. The molecule has 1 atom stereocenters. The number of fused-ring (bicyclic) bond motifs is 2. The molecule has 0 spiro atoms. The maximum absolute atomic E-state index is 13.3. The van der Waals surface area contributed by atoms with Crippen LogP contribution in [0.3, 0.4) is 0 Å². The van der Waals surface area contributed by atoms with Crippen LogP contribution in [0, 0.1) is 0 Å². The summed E-state index contributed by atoms with van der Waals surface area (Å²) in [5.41, 5.74) is 5.30. The average Bonchev–Trinajstić information content (AvgIpc) is 3.17. The van der Waals surface area contributed by atoms with Crippen molar-refractivity contribution in [3.05, 3.63) is 63.9 Å². The van der Waals surface area contributed by atoms with Gasteiger partial charge in [0.25, 0.3) is 5.91 Å². The first-order valence-electron chi connectivity index (χ1n) is 10.0. The number of ether oxygens (including phenoxy) is 1. The van der Waals surface area contributed by atoms with Crippen molar-refractivity contribution in [3.63, 3.8) is 0 Å². The molecule has 1 unspecified atom stereocenters. The number of hydrogen-bond donors (Lipinski definition) is 0. The summed E-state index contributed by atoms with van der Waals surface area (Å²) in [7, 11) is 0. The fourth-order valence-corrected chi connectivity index (χ4v) is 4.77. The van der Waals surface area contributed by atoms with Gasteiger partial charge in [0.1, 0.15) is 0 Å². The normalized spacial score (nSPS) is 19.4. The number of aromatic nitrogens is 2. The molecule has 6 nitrogen and oxygen atoms in total.